The Bertz CT molecular complexity index is 378. The SMILES string of the molecule is C=Cc1cc(C)c(C)c(C(=O)OC)c1. The van der Waals surface area contributed by atoms with Crippen molar-refractivity contribution in [3.8, 4) is 0 Å². The van der Waals surface area contributed by atoms with Crippen LogP contribution in [0.5, 0.6) is 0 Å². The maximum Gasteiger partial charge on any atom is 0.338 e. The van der Waals surface area contributed by atoms with Gasteiger partial charge in [-0.3, -0.25) is 0 Å². The van der Waals surface area contributed by atoms with E-state index < -0.39 is 0 Å². The van der Waals surface area contributed by atoms with Gasteiger partial charge in [-0.2, -0.15) is 0 Å². The van der Waals surface area contributed by atoms with Gasteiger partial charge in [-0.15, -0.1) is 0 Å². The third-order valence-corrected chi connectivity index (χ3v) is 2.33. The fourth-order valence-electron chi connectivity index (χ4n) is 1.33. The van der Waals surface area contributed by atoms with E-state index in [0.717, 1.165) is 16.7 Å². The summed E-state index contributed by atoms with van der Waals surface area (Å²) in [5, 5.41) is 0. The zero-order chi connectivity index (χ0) is 10.7. The molecule has 0 saturated heterocycles. The Morgan fingerprint density at radius 2 is 2.07 bits per heavy atom. The van der Waals surface area contributed by atoms with Gasteiger partial charge in [-0.25, -0.2) is 4.79 Å². The number of carbonyl (C=O) groups excluding carboxylic acids is 1. The highest BCUT2D eigenvalue weighted by Gasteiger charge is 2.11. The van der Waals surface area contributed by atoms with Crippen LogP contribution in [0.15, 0.2) is 18.7 Å². The highest BCUT2D eigenvalue weighted by atomic mass is 16.5. The molecular weight excluding hydrogens is 176 g/mol. The molecule has 0 amide bonds. The van der Waals surface area contributed by atoms with Crippen LogP contribution in [0, 0.1) is 13.8 Å². The molecule has 0 heterocycles. The van der Waals surface area contributed by atoms with Crippen LogP contribution >= 0.6 is 0 Å². The van der Waals surface area contributed by atoms with Crippen molar-refractivity contribution in [2.75, 3.05) is 7.11 Å². The van der Waals surface area contributed by atoms with E-state index in [1.807, 2.05) is 19.9 Å². The summed E-state index contributed by atoms with van der Waals surface area (Å²) < 4.78 is 4.70. The van der Waals surface area contributed by atoms with E-state index in [9.17, 15) is 4.79 Å². The monoisotopic (exact) mass is 190 g/mol. The topological polar surface area (TPSA) is 26.3 Å². The van der Waals surface area contributed by atoms with E-state index in [4.69, 9.17) is 4.74 Å². The van der Waals surface area contributed by atoms with Gasteiger partial charge >= 0.3 is 5.97 Å². The molecule has 0 aliphatic rings. The first-order valence-electron chi connectivity index (χ1n) is 4.42. The summed E-state index contributed by atoms with van der Waals surface area (Å²) >= 11 is 0. The van der Waals surface area contributed by atoms with Crippen LogP contribution < -0.4 is 0 Å². The summed E-state index contributed by atoms with van der Waals surface area (Å²) in [7, 11) is 1.39. The number of aryl methyl sites for hydroxylation is 1. The molecule has 0 aliphatic heterocycles. The molecule has 1 aromatic carbocycles. The lowest BCUT2D eigenvalue weighted by atomic mass is 10.00. The van der Waals surface area contributed by atoms with Crippen molar-refractivity contribution in [1.82, 2.24) is 0 Å². The van der Waals surface area contributed by atoms with E-state index in [1.54, 1.807) is 12.1 Å². The number of benzene rings is 1. The summed E-state index contributed by atoms with van der Waals surface area (Å²) in [5.74, 6) is -0.297. The minimum atomic E-state index is -0.297. The standard InChI is InChI=1S/C12H14O2/c1-5-10-6-8(2)9(3)11(7-10)12(13)14-4/h5-7H,1H2,2-4H3. The Morgan fingerprint density at radius 1 is 1.43 bits per heavy atom. The average molecular weight is 190 g/mol. The van der Waals surface area contributed by atoms with Crippen LogP contribution in [0.4, 0.5) is 0 Å². The van der Waals surface area contributed by atoms with Crippen LogP contribution in [-0.2, 0) is 4.74 Å². The third kappa shape index (κ3) is 1.84. The molecule has 2 nitrogen and oxygen atoms in total. The average Bonchev–Trinajstić information content (AvgIpc) is 2.20. The molecule has 0 aliphatic carbocycles. The number of carbonyl (C=O) groups is 1. The van der Waals surface area contributed by atoms with Crippen molar-refractivity contribution in [2.45, 2.75) is 13.8 Å². The lowest BCUT2D eigenvalue weighted by Gasteiger charge is -2.08. The number of ether oxygens (including phenoxy) is 1. The van der Waals surface area contributed by atoms with E-state index in [2.05, 4.69) is 6.58 Å². The van der Waals surface area contributed by atoms with Gasteiger partial charge in [0.05, 0.1) is 12.7 Å². The molecule has 14 heavy (non-hydrogen) atoms. The first kappa shape index (κ1) is 10.5. The number of esters is 1. The second-order valence-electron chi connectivity index (χ2n) is 3.21. The summed E-state index contributed by atoms with van der Waals surface area (Å²) in [6, 6.07) is 3.79. The van der Waals surface area contributed by atoms with Crippen molar-refractivity contribution < 1.29 is 9.53 Å². The quantitative estimate of drug-likeness (QED) is 0.670. The lowest BCUT2D eigenvalue weighted by Crippen LogP contribution is -2.05. The molecule has 0 radical (unpaired) electrons. The fraction of sp³-hybridized carbons (Fsp3) is 0.250. The van der Waals surface area contributed by atoms with Gasteiger partial charge < -0.3 is 4.74 Å². The minimum Gasteiger partial charge on any atom is -0.465 e. The zero-order valence-corrected chi connectivity index (χ0v) is 8.76. The maximum absolute atomic E-state index is 11.4. The molecule has 74 valence electrons. The Kier molecular flexibility index (Phi) is 3.07. The molecule has 0 unspecified atom stereocenters. The van der Waals surface area contributed by atoms with Gasteiger partial charge in [0.2, 0.25) is 0 Å². The van der Waals surface area contributed by atoms with Crippen LogP contribution in [0.3, 0.4) is 0 Å². The minimum absolute atomic E-state index is 0.297. The first-order chi connectivity index (χ1) is 6.60. The van der Waals surface area contributed by atoms with Gasteiger partial charge in [0.15, 0.2) is 0 Å². The second-order valence-corrected chi connectivity index (χ2v) is 3.21. The summed E-state index contributed by atoms with van der Waals surface area (Å²) in [4.78, 5) is 11.4. The van der Waals surface area contributed by atoms with Gasteiger partial charge in [0.1, 0.15) is 0 Å². The molecule has 0 spiro atoms. The molecule has 0 bridgehead atoms. The number of hydrogen-bond acceptors (Lipinski definition) is 2. The Balaban J connectivity index is 3.33. The maximum atomic E-state index is 11.4. The highest BCUT2D eigenvalue weighted by Crippen LogP contribution is 2.17. The normalized spacial score (nSPS) is 9.64. The molecule has 0 atom stereocenters. The Morgan fingerprint density at radius 3 is 2.57 bits per heavy atom. The molecule has 2 heteroatoms. The Labute approximate surface area is 84.2 Å². The van der Waals surface area contributed by atoms with Crippen molar-refractivity contribution in [2.24, 2.45) is 0 Å². The summed E-state index contributed by atoms with van der Waals surface area (Å²) in [5.41, 5.74) is 3.58. The van der Waals surface area contributed by atoms with Crippen LogP contribution in [0.2, 0.25) is 0 Å². The van der Waals surface area contributed by atoms with Crippen LogP contribution in [0.1, 0.15) is 27.0 Å². The molecule has 0 N–H and O–H groups in total. The van der Waals surface area contributed by atoms with Gasteiger partial charge in [-0.05, 0) is 36.6 Å². The number of methoxy groups -OCH3 is 1. The number of hydrogen-bond donors (Lipinski definition) is 0. The number of rotatable bonds is 2. The smallest absolute Gasteiger partial charge is 0.338 e. The molecule has 0 aromatic heterocycles. The zero-order valence-electron chi connectivity index (χ0n) is 8.76. The van der Waals surface area contributed by atoms with Gasteiger partial charge in [0, 0.05) is 0 Å². The van der Waals surface area contributed by atoms with E-state index >= 15 is 0 Å². The van der Waals surface area contributed by atoms with Crippen molar-refractivity contribution in [1.29, 1.82) is 0 Å². The first-order valence-corrected chi connectivity index (χ1v) is 4.42. The van der Waals surface area contributed by atoms with Crippen molar-refractivity contribution in [3.63, 3.8) is 0 Å². The predicted molar refractivity (Wildman–Crippen MR) is 57.3 cm³/mol. The summed E-state index contributed by atoms with van der Waals surface area (Å²) in [6.45, 7) is 7.55. The molecule has 1 aromatic rings. The van der Waals surface area contributed by atoms with Gasteiger partial charge in [-0.1, -0.05) is 18.7 Å². The van der Waals surface area contributed by atoms with Crippen LogP contribution in [0.25, 0.3) is 6.08 Å². The Hall–Kier alpha value is -1.57. The van der Waals surface area contributed by atoms with Gasteiger partial charge in [0.25, 0.3) is 0 Å². The third-order valence-electron chi connectivity index (χ3n) is 2.33. The molecular formula is C12H14O2. The lowest BCUT2D eigenvalue weighted by molar-refractivity contribution is 0.0600. The van der Waals surface area contributed by atoms with Crippen molar-refractivity contribution >= 4 is 12.0 Å². The van der Waals surface area contributed by atoms with E-state index in [1.165, 1.54) is 7.11 Å². The van der Waals surface area contributed by atoms with E-state index in [0.29, 0.717) is 5.56 Å². The van der Waals surface area contributed by atoms with Crippen LogP contribution in [-0.4, -0.2) is 13.1 Å². The largest absolute Gasteiger partial charge is 0.465 e. The molecule has 1 rings (SSSR count). The fourth-order valence-corrected chi connectivity index (χ4v) is 1.33. The highest BCUT2D eigenvalue weighted by molar-refractivity contribution is 5.92. The summed E-state index contributed by atoms with van der Waals surface area (Å²) in [6.07, 6.45) is 1.72. The predicted octanol–water partition coefficient (Wildman–Crippen LogP) is 2.73. The molecule has 0 fully saturated rings. The molecule has 0 saturated carbocycles. The second kappa shape index (κ2) is 4.09. The van der Waals surface area contributed by atoms with Crippen molar-refractivity contribution in [3.05, 3.63) is 41.0 Å². The van der Waals surface area contributed by atoms with E-state index in [-0.39, 0.29) is 5.97 Å².